The van der Waals surface area contributed by atoms with E-state index in [1.54, 1.807) is 5.38 Å². The quantitative estimate of drug-likeness (QED) is 0.825. The largest absolute Gasteiger partial charge is 0.493 e. The number of carboxylic acids is 1. The number of ether oxygens (including phenoxy) is 1. The van der Waals surface area contributed by atoms with Gasteiger partial charge in [0, 0.05) is 11.8 Å². The van der Waals surface area contributed by atoms with Gasteiger partial charge in [0.2, 0.25) is 0 Å². The third kappa shape index (κ3) is 3.82. The van der Waals surface area contributed by atoms with Crippen LogP contribution in [0.4, 0.5) is 0 Å². The van der Waals surface area contributed by atoms with Crippen molar-refractivity contribution in [3.63, 3.8) is 0 Å². The molecule has 1 aromatic heterocycles. The molecule has 0 spiro atoms. The number of hydrogen-bond donors (Lipinski definition) is 1. The lowest BCUT2D eigenvalue weighted by Gasteiger charge is -2.13. The Kier molecular flexibility index (Phi) is 4.96. The van der Waals surface area contributed by atoms with E-state index in [0.717, 1.165) is 29.2 Å². The topological polar surface area (TPSA) is 59.4 Å². The Hall–Kier alpha value is -1.88. The maximum absolute atomic E-state index is 10.8. The zero-order chi connectivity index (χ0) is 15.4. The molecule has 0 saturated carbocycles. The summed E-state index contributed by atoms with van der Waals surface area (Å²) >= 11 is 1.39. The number of hydrogen-bond acceptors (Lipinski definition) is 4. The Balaban J connectivity index is 1.87. The van der Waals surface area contributed by atoms with E-state index in [0.29, 0.717) is 6.61 Å². The van der Waals surface area contributed by atoms with Gasteiger partial charge in [0.05, 0.1) is 11.6 Å². The molecular formula is C16H19NO3S. The summed E-state index contributed by atoms with van der Waals surface area (Å²) in [5.74, 6) is -0.0138. The molecule has 2 rings (SSSR count). The minimum Gasteiger partial charge on any atom is -0.493 e. The van der Waals surface area contributed by atoms with Gasteiger partial charge in [-0.1, -0.05) is 12.1 Å². The van der Waals surface area contributed by atoms with E-state index < -0.39 is 5.97 Å². The Morgan fingerprint density at radius 3 is 2.67 bits per heavy atom. The van der Waals surface area contributed by atoms with Crippen molar-refractivity contribution in [3.8, 4) is 5.75 Å². The average molecular weight is 305 g/mol. The molecule has 0 aliphatic rings. The fraction of sp³-hybridized carbons (Fsp3) is 0.375. The number of aromatic carboxylic acids is 1. The van der Waals surface area contributed by atoms with E-state index >= 15 is 0 Å². The van der Waals surface area contributed by atoms with Gasteiger partial charge in [-0.2, -0.15) is 0 Å². The Morgan fingerprint density at radius 1 is 1.29 bits per heavy atom. The first kappa shape index (κ1) is 15.5. The van der Waals surface area contributed by atoms with Gasteiger partial charge < -0.3 is 9.84 Å². The summed E-state index contributed by atoms with van der Waals surface area (Å²) in [7, 11) is 0. The molecular weight excluding hydrogens is 286 g/mol. The van der Waals surface area contributed by atoms with Crippen molar-refractivity contribution in [1.82, 2.24) is 4.98 Å². The van der Waals surface area contributed by atoms with Crippen LogP contribution in [0.25, 0.3) is 0 Å². The summed E-state index contributed by atoms with van der Waals surface area (Å²) in [6.07, 6.45) is 1.56. The maximum Gasteiger partial charge on any atom is 0.355 e. The lowest BCUT2D eigenvalue weighted by Crippen LogP contribution is -2.03. The molecule has 0 fully saturated rings. The highest BCUT2D eigenvalue weighted by Crippen LogP contribution is 2.26. The number of aromatic nitrogens is 1. The minimum atomic E-state index is -0.972. The van der Waals surface area contributed by atoms with Crippen molar-refractivity contribution >= 4 is 17.3 Å². The van der Waals surface area contributed by atoms with Gasteiger partial charge in [-0.05, 0) is 43.9 Å². The second-order valence-electron chi connectivity index (χ2n) is 5.04. The SMILES string of the molecule is Cc1ccc(C)c(OCCCc2nc(C(=O)O)cs2)c1C. The number of benzene rings is 1. The molecule has 0 radical (unpaired) electrons. The normalized spacial score (nSPS) is 10.6. The highest BCUT2D eigenvalue weighted by molar-refractivity contribution is 7.09. The van der Waals surface area contributed by atoms with E-state index in [2.05, 4.69) is 31.0 Å². The van der Waals surface area contributed by atoms with Gasteiger partial charge >= 0.3 is 5.97 Å². The summed E-state index contributed by atoms with van der Waals surface area (Å²) in [4.78, 5) is 14.8. The van der Waals surface area contributed by atoms with Gasteiger partial charge in [-0.15, -0.1) is 11.3 Å². The van der Waals surface area contributed by atoms with Crippen LogP contribution in [0, 0.1) is 20.8 Å². The molecule has 1 N–H and O–H groups in total. The van der Waals surface area contributed by atoms with Gasteiger partial charge in [-0.25, -0.2) is 9.78 Å². The summed E-state index contributed by atoms with van der Waals surface area (Å²) in [6.45, 7) is 6.79. The van der Waals surface area contributed by atoms with Gasteiger partial charge in [0.1, 0.15) is 5.75 Å². The monoisotopic (exact) mass is 305 g/mol. The van der Waals surface area contributed by atoms with E-state index in [-0.39, 0.29) is 5.69 Å². The van der Waals surface area contributed by atoms with Crippen molar-refractivity contribution in [3.05, 3.63) is 44.9 Å². The number of carbonyl (C=O) groups is 1. The van der Waals surface area contributed by atoms with Crippen LogP contribution in [0.5, 0.6) is 5.75 Å². The van der Waals surface area contributed by atoms with Crippen molar-refractivity contribution in [1.29, 1.82) is 0 Å². The standard InChI is InChI=1S/C16H19NO3S/c1-10-6-7-11(2)15(12(10)3)20-8-4-5-14-17-13(9-21-14)16(18)19/h6-7,9H,4-5,8H2,1-3H3,(H,18,19). The number of carboxylic acid groups (broad SMARTS) is 1. The van der Waals surface area contributed by atoms with Crippen molar-refractivity contribution in [2.45, 2.75) is 33.6 Å². The van der Waals surface area contributed by atoms with Crippen LogP contribution >= 0.6 is 11.3 Å². The number of thiazole rings is 1. The van der Waals surface area contributed by atoms with E-state index in [4.69, 9.17) is 9.84 Å². The first-order chi connectivity index (χ1) is 9.99. The van der Waals surface area contributed by atoms with Crippen LogP contribution in [0.2, 0.25) is 0 Å². The molecule has 1 heterocycles. The van der Waals surface area contributed by atoms with Crippen molar-refractivity contribution < 1.29 is 14.6 Å². The third-order valence-corrected chi connectivity index (χ3v) is 4.33. The lowest BCUT2D eigenvalue weighted by atomic mass is 10.1. The third-order valence-electron chi connectivity index (χ3n) is 3.43. The fourth-order valence-electron chi connectivity index (χ4n) is 2.07. The molecule has 0 atom stereocenters. The summed E-state index contributed by atoms with van der Waals surface area (Å²) in [5, 5.41) is 11.2. The fourth-order valence-corrected chi connectivity index (χ4v) is 2.88. The predicted octanol–water partition coefficient (Wildman–Crippen LogP) is 3.78. The molecule has 0 aliphatic heterocycles. The highest BCUT2D eigenvalue weighted by atomic mass is 32.1. The van der Waals surface area contributed by atoms with Gasteiger partial charge in [-0.3, -0.25) is 0 Å². The van der Waals surface area contributed by atoms with Crippen LogP contribution in [0.3, 0.4) is 0 Å². The van der Waals surface area contributed by atoms with E-state index in [1.807, 2.05) is 6.92 Å². The average Bonchev–Trinajstić information content (AvgIpc) is 2.91. The van der Waals surface area contributed by atoms with Gasteiger partial charge in [0.25, 0.3) is 0 Å². The summed E-state index contributed by atoms with van der Waals surface area (Å²) in [5.41, 5.74) is 3.67. The Labute approximate surface area is 128 Å². The predicted molar refractivity (Wildman–Crippen MR) is 83.5 cm³/mol. The molecule has 1 aromatic carbocycles. The number of aryl methyl sites for hydroxylation is 3. The van der Waals surface area contributed by atoms with Crippen LogP contribution in [0.1, 0.15) is 38.6 Å². The van der Waals surface area contributed by atoms with Crippen LogP contribution in [-0.2, 0) is 6.42 Å². The molecule has 112 valence electrons. The zero-order valence-electron chi connectivity index (χ0n) is 12.5. The summed E-state index contributed by atoms with van der Waals surface area (Å²) in [6, 6.07) is 4.16. The maximum atomic E-state index is 10.8. The molecule has 0 amide bonds. The smallest absolute Gasteiger partial charge is 0.355 e. The molecule has 5 heteroatoms. The first-order valence-electron chi connectivity index (χ1n) is 6.86. The van der Waals surface area contributed by atoms with Crippen molar-refractivity contribution in [2.24, 2.45) is 0 Å². The zero-order valence-corrected chi connectivity index (χ0v) is 13.3. The van der Waals surface area contributed by atoms with Crippen LogP contribution in [0.15, 0.2) is 17.5 Å². The second kappa shape index (κ2) is 6.72. The Bertz CT molecular complexity index is 649. The molecule has 0 aliphatic carbocycles. The molecule has 2 aromatic rings. The first-order valence-corrected chi connectivity index (χ1v) is 7.74. The summed E-state index contributed by atoms with van der Waals surface area (Å²) < 4.78 is 5.88. The molecule has 4 nitrogen and oxygen atoms in total. The second-order valence-corrected chi connectivity index (χ2v) is 5.98. The molecule has 0 unspecified atom stereocenters. The van der Waals surface area contributed by atoms with Crippen molar-refractivity contribution in [2.75, 3.05) is 6.61 Å². The van der Waals surface area contributed by atoms with Crippen LogP contribution < -0.4 is 4.74 Å². The Morgan fingerprint density at radius 2 is 2.00 bits per heavy atom. The lowest BCUT2D eigenvalue weighted by molar-refractivity contribution is 0.0691. The number of rotatable bonds is 6. The minimum absolute atomic E-state index is 0.126. The molecule has 0 saturated heterocycles. The molecule has 21 heavy (non-hydrogen) atoms. The number of nitrogens with zero attached hydrogens (tertiary/aromatic N) is 1. The van der Waals surface area contributed by atoms with E-state index in [9.17, 15) is 4.79 Å². The molecule has 0 bridgehead atoms. The highest BCUT2D eigenvalue weighted by Gasteiger charge is 2.09. The van der Waals surface area contributed by atoms with Gasteiger partial charge in [0.15, 0.2) is 5.69 Å². The van der Waals surface area contributed by atoms with Crippen LogP contribution in [-0.4, -0.2) is 22.7 Å². The van der Waals surface area contributed by atoms with E-state index in [1.165, 1.54) is 22.5 Å².